The molecule has 248 valence electrons. The molecule has 47 heavy (non-hydrogen) atoms. The third kappa shape index (κ3) is 7.43. The molecule has 0 saturated heterocycles. The molecule has 0 amide bonds. The molecule has 3 aromatic carbocycles. The van der Waals surface area contributed by atoms with E-state index < -0.39 is 8.17 Å². The number of benzene rings is 3. The van der Waals surface area contributed by atoms with E-state index in [0.29, 0.717) is 17.2 Å². The zero-order chi connectivity index (χ0) is 33.1. The quantitative estimate of drug-likeness (QED) is 0.0917. The van der Waals surface area contributed by atoms with Crippen LogP contribution >= 0.6 is 8.17 Å². The van der Waals surface area contributed by atoms with Crippen molar-refractivity contribution >= 4 is 40.9 Å². The van der Waals surface area contributed by atoms with Crippen molar-refractivity contribution < 1.29 is 18.5 Å². The number of H-pyrrole nitrogens is 3. The second-order valence-electron chi connectivity index (χ2n) is 12.9. The summed E-state index contributed by atoms with van der Waals surface area (Å²) in [5.41, 5.74) is 6.02. The molecule has 10 nitrogen and oxygen atoms in total. The molecule has 0 aliphatic rings. The minimum atomic E-state index is -4.12. The highest BCUT2D eigenvalue weighted by Gasteiger charge is 2.52. The summed E-state index contributed by atoms with van der Waals surface area (Å²) in [5, 5.41) is 2.70. The Morgan fingerprint density at radius 2 is 0.809 bits per heavy atom. The number of likely N-dealkylation sites (N-methyl/N-ethyl adjacent to an activating group) is 3. The van der Waals surface area contributed by atoms with Crippen LogP contribution in [0.5, 0.6) is 17.2 Å². The maximum atomic E-state index is 12.6. The second-order valence-corrected chi connectivity index (χ2v) is 14.4. The normalized spacial score (nSPS) is 12.4. The van der Waals surface area contributed by atoms with Gasteiger partial charge in [0.1, 0.15) is 0 Å². The Hall–Kier alpha value is -4.05. The van der Waals surface area contributed by atoms with E-state index in [0.717, 1.165) is 88.3 Å². The number of aromatic amines is 3. The zero-order valence-electron chi connectivity index (χ0n) is 28.1. The lowest BCUT2D eigenvalue weighted by molar-refractivity contribution is 0.258. The minimum absolute atomic E-state index is 0.497. The molecular weight excluding hydrogens is 611 g/mol. The van der Waals surface area contributed by atoms with Gasteiger partial charge in [0.15, 0.2) is 17.2 Å². The van der Waals surface area contributed by atoms with Crippen LogP contribution in [0.4, 0.5) is 0 Å². The molecule has 4 N–H and O–H groups in total. The van der Waals surface area contributed by atoms with E-state index in [1.54, 1.807) is 0 Å². The van der Waals surface area contributed by atoms with Gasteiger partial charge in [-0.25, -0.2) is 13.6 Å². The van der Waals surface area contributed by atoms with E-state index in [2.05, 4.69) is 71.9 Å². The SMILES string of the molecule is CN(C)CCc1c[nH]c2cccc(O[P+](O)(Oc3cccc4[nH]cc(CCN(C)C)c34)Oc3cccc4[nH]cc(CCN(C)C)c34)c12. The number of hydrogen-bond donors (Lipinski definition) is 4. The highest BCUT2D eigenvalue weighted by molar-refractivity contribution is 7.56. The summed E-state index contributed by atoms with van der Waals surface area (Å²) in [4.78, 5) is 29.1. The van der Waals surface area contributed by atoms with Crippen molar-refractivity contribution in [3.8, 4) is 17.2 Å². The number of fused-ring (bicyclic) bond motifs is 3. The smallest absolute Gasteiger partial charge is 0.361 e. The summed E-state index contributed by atoms with van der Waals surface area (Å²) >= 11 is 0. The molecule has 11 heteroatoms. The molecule has 3 aromatic heterocycles. The first-order valence-corrected chi connectivity index (χ1v) is 17.5. The van der Waals surface area contributed by atoms with E-state index in [9.17, 15) is 4.89 Å². The molecule has 0 aliphatic carbocycles. The first-order chi connectivity index (χ1) is 22.6. The summed E-state index contributed by atoms with van der Waals surface area (Å²) in [6.45, 7) is 2.60. The third-order valence-electron chi connectivity index (χ3n) is 8.37. The first-order valence-electron chi connectivity index (χ1n) is 16.0. The van der Waals surface area contributed by atoms with Crippen LogP contribution in [0.25, 0.3) is 32.7 Å². The summed E-state index contributed by atoms with van der Waals surface area (Å²) in [5.74, 6) is 1.49. The summed E-state index contributed by atoms with van der Waals surface area (Å²) in [6, 6.07) is 17.4. The average Bonchev–Trinajstić information content (AvgIpc) is 3.76. The van der Waals surface area contributed by atoms with Crippen molar-refractivity contribution in [1.29, 1.82) is 0 Å². The van der Waals surface area contributed by atoms with E-state index in [-0.39, 0.29) is 0 Å². The third-order valence-corrected chi connectivity index (χ3v) is 9.66. The molecule has 0 atom stereocenters. The zero-order valence-corrected chi connectivity index (χ0v) is 29.0. The standard InChI is InChI=1S/C36H46N6O4P/c1-40(2)19-16-25-22-37-28-10-7-13-31(34(25)28)44-47(43,45-32-14-8-11-29-35(32)26(23-38-29)17-20-41(3)4)46-33-15-9-12-30-36(33)27(24-39-30)18-21-42(5)6/h7-15,22-24,37-39,43H,16-21H2,1-6H3/q+1. The molecule has 6 rings (SSSR count). The number of hydrogen-bond acceptors (Lipinski definition) is 7. The highest BCUT2D eigenvalue weighted by atomic mass is 31.2. The molecular formula is C36H46N6O4P+. The van der Waals surface area contributed by atoms with Crippen molar-refractivity contribution in [1.82, 2.24) is 29.7 Å². The fourth-order valence-corrected chi connectivity index (χ4v) is 7.25. The van der Waals surface area contributed by atoms with Gasteiger partial charge in [-0.3, -0.25) is 0 Å². The summed E-state index contributed by atoms with van der Waals surface area (Å²) in [7, 11) is 8.22. The predicted molar refractivity (Wildman–Crippen MR) is 193 cm³/mol. The minimum Gasteiger partial charge on any atom is -0.361 e. The maximum absolute atomic E-state index is 12.6. The van der Waals surface area contributed by atoms with Crippen LogP contribution in [-0.2, 0) is 19.3 Å². The van der Waals surface area contributed by atoms with Gasteiger partial charge in [0.2, 0.25) is 0 Å². The summed E-state index contributed by atoms with van der Waals surface area (Å²) < 4.78 is 19.8. The second kappa shape index (κ2) is 14.0. The van der Waals surface area contributed by atoms with Gasteiger partial charge in [-0.1, -0.05) is 18.2 Å². The average molecular weight is 658 g/mol. The van der Waals surface area contributed by atoms with Gasteiger partial charge in [-0.05, 0) is 115 Å². The highest BCUT2D eigenvalue weighted by Crippen LogP contribution is 2.59. The maximum Gasteiger partial charge on any atom is 0.714 e. The van der Waals surface area contributed by atoms with Gasteiger partial charge < -0.3 is 29.7 Å². The van der Waals surface area contributed by atoms with Gasteiger partial charge in [0.25, 0.3) is 0 Å². The largest absolute Gasteiger partial charge is 0.714 e. The molecule has 3 heterocycles. The topological polar surface area (TPSA) is 105 Å². The monoisotopic (exact) mass is 657 g/mol. The van der Waals surface area contributed by atoms with Crippen LogP contribution in [0, 0.1) is 0 Å². The van der Waals surface area contributed by atoms with Gasteiger partial charge in [0.05, 0.1) is 16.2 Å². The van der Waals surface area contributed by atoms with Crippen LogP contribution in [0.2, 0.25) is 0 Å². The van der Waals surface area contributed by atoms with Crippen molar-refractivity contribution in [2.75, 3.05) is 61.9 Å². The van der Waals surface area contributed by atoms with Crippen LogP contribution in [0.1, 0.15) is 16.7 Å². The van der Waals surface area contributed by atoms with Crippen molar-refractivity contribution in [3.05, 3.63) is 89.9 Å². The van der Waals surface area contributed by atoms with E-state index in [4.69, 9.17) is 13.6 Å². The molecule has 0 aliphatic heterocycles. The lowest BCUT2D eigenvalue weighted by Crippen LogP contribution is -2.17. The van der Waals surface area contributed by atoms with Gasteiger partial charge >= 0.3 is 8.17 Å². The Balaban J connectivity index is 1.45. The Kier molecular flexibility index (Phi) is 9.77. The number of rotatable bonds is 15. The van der Waals surface area contributed by atoms with Gasteiger partial charge in [0, 0.05) is 54.8 Å². The number of nitrogens with zero attached hydrogens (tertiary/aromatic N) is 3. The van der Waals surface area contributed by atoms with E-state index >= 15 is 0 Å². The first kappa shape index (κ1) is 32.9. The van der Waals surface area contributed by atoms with E-state index in [1.807, 2.05) is 73.2 Å². The Morgan fingerprint density at radius 1 is 0.511 bits per heavy atom. The lowest BCUT2D eigenvalue weighted by atomic mass is 10.1. The molecule has 0 bridgehead atoms. The van der Waals surface area contributed by atoms with Gasteiger partial charge in [-0.2, -0.15) is 0 Å². The molecule has 6 aromatic rings. The van der Waals surface area contributed by atoms with E-state index in [1.165, 1.54) is 0 Å². The van der Waals surface area contributed by atoms with Gasteiger partial charge in [-0.15, -0.1) is 4.89 Å². The summed E-state index contributed by atoms with van der Waals surface area (Å²) in [6.07, 6.45) is 8.45. The number of nitrogens with one attached hydrogen (secondary N) is 3. The van der Waals surface area contributed by atoms with Crippen molar-refractivity contribution in [2.24, 2.45) is 0 Å². The Bertz CT molecular complexity index is 1740. The lowest BCUT2D eigenvalue weighted by Gasteiger charge is -2.19. The predicted octanol–water partition coefficient (Wildman–Crippen LogP) is 6.65. The fourth-order valence-electron chi connectivity index (χ4n) is 5.94. The molecule has 0 spiro atoms. The Labute approximate surface area is 276 Å². The van der Waals surface area contributed by atoms with Crippen LogP contribution in [-0.4, -0.2) is 96.5 Å². The van der Waals surface area contributed by atoms with Crippen LogP contribution < -0.4 is 13.6 Å². The molecule has 0 saturated carbocycles. The molecule has 0 fully saturated rings. The van der Waals surface area contributed by atoms with Crippen LogP contribution in [0.15, 0.2) is 73.2 Å². The fraction of sp³-hybridized carbons (Fsp3) is 0.333. The molecule has 0 radical (unpaired) electrons. The van der Waals surface area contributed by atoms with Crippen LogP contribution in [0.3, 0.4) is 0 Å². The van der Waals surface area contributed by atoms with Crippen molar-refractivity contribution in [3.63, 3.8) is 0 Å². The number of aromatic nitrogens is 3. The molecule has 0 unspecified atom stereocenters. The van der Waals surface area contributed by atoms with Crippen molar-refractivity contribution in [2.45, 2.75) is 19.3 Å². The Morgan fingerprint density at radius 3 is 1.09 bits per heavy atom.